The molecule has 0 spiro atoms. The first-order chi connectivity index (χ1) is 10.1. The van der Waals surface area contributed by atoms with Gasteiger partial charge in [0.05, 0.1) is 0 Å². The quantitative estimate of drug-likeness (QED) is 0.834. The first-order valence-electron chi connectivity index (χ1n) is 7.24. The van der Waals surface area contributed by atoms with Crippen LogP contribution in [0.15, 0.2) is 16.9 Å². The van der Waals surface area contributed by atoms with E-state index >= 15 is 0 Å². The van der Waals surface area contributed by atoms with E-state index in [9.17, 15) is 14.4 Å². The van der Waals surface area contributed by atoms with Gasteiger partial charge in [0.25, 0.3) is 11.5 Å². The lowest BCUT2D eigenvalue weighted by molar-refractivity contribution is -0.132. The SMILES string of the molecule is CCCC(=O)N1CCC(NC(=O)c2ccc(=O)[nH]n2)CC1. The maximum atomic E-state index is 12.0. The molecule has 0 aromatic carbocycles. The van der Waals surface area contributed by atoms with Crippen LogP contribution in [0, 0.1) is 0 Å². The van der Waals surface area contributed by atoms with E-state index in [1.54, 1.807) is 0 Å². The highest BCUT2D eigenvalue weighted by atomic mass is 16.2. The maximum absolute atomic E-state index is 12.0. The van der Waals surface area contributed by atoms with Crippen molar-refractivity contribution in [2.24, 2.45) is 0 Å². The van der Waals surface area contributed by atoms with Gasteiger partial charge in [-0.15, -0.1) is 0 Å². The van der Waals surface area contributed by atoms with E-state index < -0.39 is 0 Å². The minimum atomic E-state index is -0.339. The highest BCUT2D eigenvalue weighted by Gasteiger charge is 2.23. The zero-order valence-corrected chi connectivity index (χ0v) is 12.1. The lowest BCUT2D eigenvalue weighted by Crippen LogP contribution is -2.46. The van der Waals surface area contributed by atoms with Gasteiger partial charge in [0.2, 0.25) is 5.91 Å². The standard InChI is InChI=1S/C14H20N4O3/c1-2-3-13(20)18-8-6-10(7-9-18)15-14(21)11-4-5-12(19)17-16-11/h4-5,10H,2-3,6-9H2,1H3,(H,15,21)(H,17,19). The minimum absolute atomic E-state index is 0.0388. The molecule has 2 rings (SSSR count). The third kappa shape index (κ3) is 4.14. The van der Waals surface area contributed by atoms with Gasteiger partial charge >= 0.3 is 0 Å². The molecular formula is C14H20N4O3. The average Bonchev–Trinajstić information content (AvgIpc) is 2.49. The average molecular weight is 292 g/mol. The fourth-order valence-electron chi connectivity index (χ4n) is 2.38. The molecule has 7 heteroatoms. The third-order valence-corrected chi connectivity index (χ3v) is 3.56. The Morgan fingerprint density at radius 2 is 2.10 bits per heavy atom. The molecule has 0 unspecified atom stereocenters. The normalized spacial score (nSPS) is 15.8. The van der Waals surface area contributed by atoms with Crippen molar-refractivity contribution in [3.05, 3.63) is 28.2 Å². The van der Waals surface area contributed by atoms with Gasteiger partial charge in [-0.25, -0.2) is 5.10 Å². The van der Waals surface area contributed by atoms with Crippen molar-refractivity contribution >= 4 is 11.8 Å². The fraction of sp³-hybridized carbons (Fsp3) is 0.571. The summed E-state index contributed by atoms with van der Waals surface area (Å²) in [6.45, 7) is 3.33. The highest BCUT2D eigenvalue weighted by molar-refractivity contribution is 5.92. The summed E-state index contributed by atoms with van der Waals surface area (Å²) in [6.07, 6.45) is 2.92. The second-order valence-electron chi connectivity index (χ2n) is 5.18. The largest absolute Gasteiger partial charge is 0.348 e. The van der Waals surface area contributed by atoms with Crippen LogP contribution >= 0.6 is 0 Å². The molecule has 0 aliphatic carbocycles. The molecule has 7 nitrogen and oxygen atoms in total. The predicted octanol–water partition coefficient (Wildman–Crippen LogP) is 0.291. The van der Waals surface area contributed by atoms with E-state index in [1.165, 1.54) is 12.1 Å². The molecular weight excluding hydrogens is 272 g/mol. The Balaban J connectivity index is 1.83. The number of amides is 2. The lowest BCUT2D eigenvalue weighted by Gasteiger charge is -2.32. The van der Waals surface area contributed by atoms with E-state index in [0.29, 0.717) is 19.5 Å². The number of carbonyl (C=O) groups is 2. The first kappa shape index (κ1) is 15.2. The van der Waals surface area contributed by atoms with Crippen molar-refractivity contribution in [2.75, 3.05) is 13.1 Å². The van der Waals surface area contributed by atoms with E-state index in [0.717, 1.165) is 19.3 Å². The van der Waals surface area contributed by atoms with Gasteiger partial charge in [-0.05, 0) is 25.3 Å². The number of piperidine rings is 1. The van der Waals surface area contributed by atoms with E-state index in [1.807, 2.05) is 11.8 Å². The second kappa shape index (κ2) is 7.01. The fourth-order valence-corrected chi connectivity index (χ4v) is 2.38. The number of hydrogen-bond donors (Lipinski definition) is 2. The number of rotatable bonds is 4. The second-order valence-corrected chi connectivity index (χ2v) is 5.18. The predicted molar refractivity (Wildman–Crippen MR) is 76.8 cm³/mol. The zero-order chi connectivity index (χ0) is 15.2. The Morgan fingerprint density at radius 1 is 1.38 bits per heavy atom. The zero-order valence-electron chi connectivity index (χ0n) is 12.1. The Morgan fingerprint density at radius 3 is 2.67 bits per heavy atom. The molecule has 0 radical (unpaired) electrons. The number of nitrogens with zero attached hydrogens (tertiary/aromatic N) is 2. The first-order valence-corrected chi connectivity index (χ1v) is 7.24. The minimum Gasteiger partial charge on any atom is -0.348 e. The smallest absolute Gasteiger partial charge is 0.271 e. The molecule has 1 aromatic heterocycles. The molecule has 2 amide bonds. The number of H-pyrrole nitrogens is 1. The van der Waals surface area contributed by atoms with Crippen LogP contribution in [0.25, 0.3) is 0 Å². The highest BCUT2D eigenvalue weighted by Crippen LogP contribution is 2.12. The van der Waals surface area contributed by atoms with Crippen molar-refractivity contribution in [3.63, 3.8) is 0 Å². The van der Waals surface area contributed by atoms with Crippen molar-refractivity contribution in [1.82, 2.24) is 20.4 Å². The van der Waals surface area contributed by atoms with Crippen molar-refractivity contribution in [2.45, 2.75) is 38.6 Å². The maximum Gasteiger partial charge on any atom is 0.271 e. The summed E-state index contributed by atoms with van der Waals surface area (Å²) in [5, 5.41) is 8.82. The topological polar surface area (TPSA) is 95.2 Å². The number of aromatic amines is 1. The van der Waals surface area contributed by atoms with Gasteiger partial charge in [-0.1, -0.05) is 6.92 Å². The molecule has 1 aromatic rings. The Bertz CT molecular complexity index is 541. The molecule has 0 saturated carbocycles. The molecule has 2 heterocycles. The number of likely N-dealkylation sites (tertiary alicyclic amines) is 1. The molecule has 0 atom stereocenters. The summed E-state index contributed by atoms with van der Waals surface area (Å²) in [4.78, 5) is 36.5. The molecule has 1 aliphatic rings. The number of nitrogens with one attached hydrogen (secondary N) is 2. The molecule has 1 aliphatic heterocycles. The van der Waals surface area contributed by atoms with Crippen LogP contribution in [0.1, 0.15) is 43.1 Å². The van der Waals surface area contributed by atoms with Crippen molar-refractivity contribution in [3.8, 4) is 0 Å². The van der Waals surface area contributed by atoms with Crippen LogP contribution in [0.2, 0.25) is 0 Å². The summed E-state index contributed by atoms with van der Waals surface area (Å²) in [7, 11) is 0. The molecule has 21 heavy (non-hydrogen) atoms. The van der Waals surface area contributed by atoms with Crippen LogP contribution in [-0.2, 0) is 4.79 Å². The van der Waals surface area contributed by atoms with Crippen LogP contribution in [0.3, 0.4) is 0 Å². The van der Waals surface area contributed by atoms with Crippen LogP contribution in [0.5, 0.6) is 0 Å². The van der Waals surface area contributed by atoms with Gasteiger partial charge in [0, 0.05) is 31.6 Å². The van der Waals surface area contributed by atoms with E-state index in [4.69, 9.17) is 0 Å². The Labute approximate surface area is 122 Å². The summed E-state index contributed by atoms with van der Waals surface area (Å²) in [6, 6.07) is 2.71. The molecule has 2 N–H and O–H groups in total. The van der Waals surface area contributed by atoms with Gasteiger partial charge < -0.3 is 10.2 Å². The molecule has 114 valence electrons. The van der Waals surface area contributed by atoms with Gasteiger partial charge in [-0.3, -0.25) is 14.4 Å². The van der Waals surface area contributed by atoms with Crippen molar-refractivity contribution in [1.29, 1.82) is 0 Å². The summed E-state index contributed by atoms with van der Waals surface area (Å²) in [5.74, 6) is -0.117. The Kier molecular flexibility index (Phi) is 5.08. The number of aromatic nitrogens is 2. The van der Waals surface area contributed by atoms with E-state index in [-0.39, 0.29) is 29.1 Å². The lowest BCUT2D eigenvalue weighted by atomic mass is 10.0. The molecule has 0 bridgehead atoms. The molecule has 1 fully saturated rings. The third-order valence-electron chi connectivity index (χ3n) is 3.56. The van der Waals surface area contributed by atoms with Crippen LogP contribution in [0.4, 0.5) is 0 Å². The summed E-state index contributed by atoms with van der Waals surface area (Å²) >= 11 is 0. The van der Waals surface area contributed by atoms with Gasteiger partial charge in [0.15, 0.2) is 0 Å². The Hall–Kier alpha value is -2.18. The number of carbonyl (C=O) groups excluding carboxylic acids is 2. The van der Waals surface area contributed by atoms with Crippen LogP contribution < -0.4 is 10.9 Å². The van der Waals surface area contributed by atoms with Gasteiger partial charge in [-0.2, -0.15) is 5.10 Å². The monoisotopic (exact) mass is 292 g/mol. The van der Waals surface area contributed by atoms with Crippen LogP contribution in [-0.4, -0.2) is 46.0 Å². The molecule has 1 saturated heterocycles. The van der Waals surface area contributed by atoms with E-state index in [2.05, 4.69) is 15.5 Å². The van der Waals surface area contributed by atoms with Gasteiger partial charge in [0.1, 0.15) is 5.69 Å². The number of hydrogen-bond acceptors (Lipinski definition) is 4. The summed E-state index contributed by atoms with van der Waals surface area (Å²) in [5.41, 5.74) is -0.145. The summed E-state index contributed by atoms with van der Waals surface area (Å²) < 4.78 is 0. The van der Waals surface area contributed by atoms with Crippen molar-refractivity contribution < 1.29 is 9.59 Å².